The number of aliphatic carboxylic acids is 1. The minimum absolute atomic E-state index is 0.203. The first kappa shape index (κ1) is 28.0. The standard InChI is InChI=1S/C23H29N7O2.C2HF3O2/c1-4-32-21-12-18-16(14-28(3)27-18)11-19(21)26-23(31)30-9-6-17-20(5-7-25-22(17)30)29-10-8-24-15(2)13-29;3-2(4,5)1(6)7/h5,7,11-12,14-15,24H,4,6,8-10,13H2,1-3H3,(H,26,31);(H,6,7)/t15-;/m1./s1. The third kappa shape index (κ3) is 6.33. The molecule has 2 amide bonds. The van der Waals surface area contributed by atoms with Crippen LogP contribution in [0.15, 0.2) is 30.6 Å². The number of carbonyl (C=O) groups is 2. The smallest absolute Gasteiger partial charge is 0.490 e. The second kappa shape index (κ2) is 11.4. The SMILES string of the molecule is CCOc1cc2nn(C)cc2cc1NC(=O)N1CCc2c(N3CCN[C@H](C)C3)ccnc21.O=C(O)C(F)(F)F. The van der Waals surface area contributed by atoms with E-state index < -0.39 is 12.1 Å². The second-order valence-corrected chi connectivity index (χ2v) is 9.21. The van der Waals surface area contributed by atoms with Gasteiger partial charge in [0.1, 0.15) is 11.6 Å². The van der Waals surface area contributed by atoms with E-state index in [2.05, 4.69) is 38.6 Å². The van der Waals surface area contributed by atoms with E-state index in [1.165, 1.54) is 5.69 Å². The highest BCUT2D eigenvalue weighted by atomic mass is 19.4. The summed E-state index contributed by atoms with van der Waals surface area (Å²) in [6.07, 6.45) is -0.557. The fourth-order valence-corrected chi connectivity index (χ4v) is 4.65. The van der Waals surface area contributed by atoms with Crippen molar-refractivity contribution in [2.75, 3.05) is 47.9 Å². The molecule has 0 radical (unpaired) electrons. The van der Waals surface area contributed by atoms with Crippen LogP contribution in [0.1, 0.15) is 19.4 Å². The molecule has 2 aromatic heterocycles. The van der Waals surface area contributed by atoms with Gasteiger partial charge in [0.2, 0.25) is 0 Å². The zero-order chi connectivity index (χ0) is 28.3. The number of fused-ring (bicyclic) bond motifs is 2. The van der Waals surface area contributed by atoms with Crippen LogP contribution in [0, 0.1) is 0 Å². The average molecular weight is 550 g/mol. The lowest BCUT2D eigenvalue weighted by atomic mass is 10.1. The first-order valence-corrected chi connectivity index (χ1v) is 12.4. The number of aryl methyl sites for hydroxylation is 1. The fourth-order valence-electron chi connectivity index (χ4n) is 4.65. The summed E-state index contributed by atoms with van der Waals surface area (Å²) in [5.74, 6) is -1.40. The maximum Gasteiger partial charge on any atom is 0.490 e. The van der Waals surface area contributed by atoms with Gasteiger partial charge < -0.3 is 25.4 Å². The molecular formula is C25H30F3N7O4. The molecule has 14 heteroatoms. The summed E-state index contributed by atoms with van der Waals surface area (Å²) >= 11 is 0. The molecule has 0 spiro atoms. The molecule has 0 aliphatic carbocycles. The summed E-state index contributed by atoms with van der Waals surface area (Å²) in [7, 11) is 1.88. The number of hydrogen-bond donors (Lipinski definition) is 3. The largest absolute Gasteiger partial charge is 0.492 e. The van der Waals surface area contributed by atoms with Gasteiger partial charge in [-0.25, -0.2) is 14.6 Å². The molecule has 5 rings (SSSR count). The van der Waals surface area contributed by atoms with Crippen molar-refractivity contribution in [1.29, 1.82) is 0 Å². The molecule has 1 aromatic carbocycles. The fraction of sp³-hybridized carbons (Fsp3) is 0.440. The monoisotopic (exact) mass is 549 g/mol. The Morgan fingerprint density at radius 2 is 2.03 bits per heavy atom. The van der Waals surface area contributed by atoms with Gasteiger partial charge in [0.15, 0.2) is 0 Å². The zero-order valence-corrected chi connectivity index (χ0v) is 21.7. The Balaban J connectivity index is 0.000000448. The molecular weight excluding hydrogens is 519 g/mol. The molecule has 0 bridgehead atoms. The van der Waals surface area contributed by atoms with Gasteiger partial charge in [-0.1, -0.05) is 0 Å². The van der Waals surface area contributed by atoms with E-state index in [0.29, 0.717) is 30.6 Å². The number of piperazine rings is 1. The summed E-state index contributed by atoms with van der Waals surface area (Å²) in [5.41, 5.74) is 3.80. The van der Waals surface area contributed by atoms with Gasteiger partial charge in [0.25, 0.3) is 0 Å². The molecule has 2 aliphatic heterocycles. The lowest BCUT2D eigenvalue weighted by Crippen LogP contribution is -2.49. The summed E-state index contributed by atoms with van der Waals surface area (Å²) < 4.78 is 39.3. The van der Waals surface area contributed by atoms with Gasteiger partial charge in [-0.15, -0.1) is 0 Å². The van der Waals surface area contributed by atoms with Crippen molar-refractivity contribution in [2.45, 2.75) is 32.5 Å². The van der Waals surface area contributed by atoms with Crippen molar-refractivity contribution < 1.29 is 32.6 Å². The van der Waals surface area contributed by atoms with Crippen molar-refractivity contribution >= 4 is 40.1 Å². The highest BCUT2D eigenvalue weighted by Gasteiger charge is 2.38. The zero-order valence-electron chi connectivity index (χ0n) is 21.7. The number of carboxylic acid groups (broad SMARTS) is 1. The Kier molecular flexibility index (Phi) is 8.14. The molecule has 3 N–H and O–H groups in total. The first-order chi connectivity index (χ1) is 18.5. The number of aromatic nitrogens is 3. The Labute approximate surface area is 222 Å². The van der Waals surface area contributed by atoms with Gasteiger partial charge in [0, 0.05) is 74.4 Å². The van der Waals surface area contributed by atoms with Crippen LogP contribution in [0.3, 0.4) is 0 Å². The number of nitrogens with zero attached hydrogens (tertiary/aromatic N) is 5. The Hall–Kier alpha value is -4.07. The summed E-state index contributed by atoms with van der Waals surface area (Å²) in [6.45, 7) is 8.09. The van der Waals surface area contributed by atoms with E-state index in [4.69, 9.17) is 14.6 Å². The number of hydrogen-bond acceptors (Lipinski definition) is 7. The average Bonchev–Trinajstić information content (AvgIpc) is 3.46. The summed E-state index contributed by atoms with van der Waals surface area (Å²) in [4.78, 5) is 30.9. The number of halogens is 3. The lowest BCUT2D eigenvalue weighted by Gasteiger charge is -2.34. The van der Waals surface area contributed by atoms with Crippen LogP contribution in [0.4, 0.5) is 35.2 Å². The van der Waals surface area contributed by atoms with E-state index in [0.717, 1.165) is 48.3 Å². The third-order valence-corrected chi connectivity index (χ3v) is 6.31. The van der Waals surface area contributed by atoms with Crippen molar-refractivity contribution in [3.05, 3.63) is 36.2 Å². The minimum Gasteiger partial charge on any atom is -0.492 e. The van der Waals surface area contributed by atoms with Crippen molar-refractivity contribution in [2.24, 2.45) is 7.05 Å². The number of nitrogens with one attached hydrogen (secondary N) is 2. The van der Waals surface area contributed by atoms with Crippen molar-refractivity contribution in [3.63, 3.8) is 0 Å². The number of carbonyl (C=O) groups excluding carboxylic acids is 1. The molecule has 0 unspecified atom stereocenters. The number of alkyl halides is 3. The van der Waals surface area contributed by atoms with Crippen molar-refractivity contribution in [1.82, 2.24) is 20.1 Å². The van der Waals surface area contributed by atoms with Crippen molar-refractivity contribution in [3.8, 4) is 5.75 Å². The molecule has 2 aliphatic rings. The molecule has 1 saturated heterocycles. The number of urea groups is 1. The predicted molar refractivity (Wildman–Crippen MR) is 140 cm³/mol. The molecule has 210 valence electrons. The molecule has 0 saturated carbocycles. The highest BCUT2D eigenvalue weighted by Crippen LogP contribution is 2.36. The van der Waals surface area contributed by atoms with E-state index >= 15 is 0 Å². The number of benzene rings is 1. The molecule has 3 aromatic rings. The van der Waals surface area contributed by atoms with E-state index in [1.54, 1.807) is 15.8 Å². The first-order valence-electron chi connectivity index (χ1n) is 12.4. The molecule has 11 nitrogen and oxygen atoms in total. The number of anilines is 3. The quantitative estimate of drug-likeness (QED) is 0.453. The highest BCUT2D eigenvalue weighted by molar-refractivity contribution is 6.05. The molecule has 4 heterocycles. The summed E-state index contributed by atoms with van der Waals surface area (Å²) in [6, 6.07) is 6.09. The Bertz CT molecular complexity index is 1360. The molecule has 39 heavy (non-hydrogen) atoms. The van der Waals surface area contributed by atoms with Crippen LogP contribution < -0.4 is 25.2 Å². The minimum atomic E-state index is -5.08. The van der Waals surface area contributed by atoms with Crippen LogP contribution in [0.2, 0.25) is 0 Å². The predicted octanol–water partition coefficient (Wildman–Crippen LogP) is 3.39. The number of ether oxygens (including phenoxy) is 1. The lowest BCUT2D eigenvalue weighted by molar-refractivity contribution is -0.192. The maximum atomic E-state index is 13.3. The topological polar surface area (TPSA) is 125 Å². The van der Waals surface area contributed by atoms with Crippen LogP contribution in [0.25, 0.3) is 10.9 Å². The number of carboxylic acids is 1. The van der Waals surface area contributed by atoms with Gasteiger partial charge in [-0.2, -0.15) is 18.3 Å². The van der Waals surface area contributed by atoms with E-state index in [-0.39, 0.29) is 6.03 Å². The van der Waals surface area contributed by atoms with Crippen LogP contribution in [-0.4, -0.2) is 76.9 Å². The van der Waals surface area contributed by atoms with E-state index in [9.17, 15) is 18.0 Å². The van der Waals surface area contributed by atoms with E-state index in [1.807, 2.05) is 32.3 Å². The van der Waals surface area contributed by atoms with Crippen LogP contribution in [-0.2, 0) is 18.3 Å². The molecule has 1 atom stereocenters. The van der Waals surface area contributed by atoms with Gasteiger partial charge in [0.05, 0.1) is 17.8 Å². The Morgan fingerprint density at radius 3 is 2.69 bits per heavy atom. The number of amides is 2. The van der Waals surface area contributed by atoms with Gasteiger partial charge in [-0.3, -0.25) is 9.58 Å². The maximum absolute atomic E-state index is 13.3. The van der Waals surface area contributed by atoms with Gasteiger partial charge >= 0.3 is 18.2 Å². The van der Waals surface area contributed by atoms with Crippen LogP contribution in [0.5, 0.6) is 5.75 Å². The third-order valence-electron chi connectivity index (χ3n) is 6.31. The molecule has 1 fully saturated rings. The van der Waals surface area contributed by atoms with Gasteiger partial charge in [-0.05, 0) is 32.4 Å². The second-order valence-electron chi connectivity index (χ2n) is 9.21. The summed E-state index contributed by atoms with van der Waals surface area (Å²) in [5, 5.41) is 19.0. The normalized spacial score (nSPS) is 16.9. The Morgan fingerprint density at radius 1 is 1.28 bits per heavy atom. The van der Waals surface area contributed by atoms with Crippen LogP contribution >= 0.6 is 0 Å². The number of pyridine rings is 1. The number of rotatable bonds is 4.